The average Bonchev–Trinajstić information content (AvgIpc) is 3.13. The van der Waals surface area contributed by atoms with Crippen LogP contribution in [0, 0.1) is 6.92 Å². The fraction of sp³-hybridized carbons (Fsp3) is 0.269. The van der Waals surface area contributed by atoms with Gasteiger partial charge in [-0.2, -0.15) is 0 Å². The van der Waals surface area contributed by atoms with E-state index in [1.54, 1.807) is 38.7 Å². The predicted octanol–water partition coefficient (Wildman–Crippen LogP) is 3.89. The highest BCUT2D eigenvalue weighted by molar-refractivity contribution is 9.10. The van der Waals surface area contributed by atoms with Crippen molar-refractivity contribution in [2.45, 2.75) is 26.8 Å². The van der Waals surface area contributed by atoms with Gasteiger partial charge < -0.3 is 14.2 Å². The zero-order valence-corrected chi connectivity index (χ0v) is 22.5. The van der Waals surface area contributed by atoms with Gasteiger partial charge in [0, 0.05) is 0 Å². The van der Waals surface area contributed by atoms with Crippen LogP contribution in [-0.4, -0.2) is 31.4 Å². The van der Waals surface area contributed by atoms with Crippen molar-refractivity contribution in [3.63, 3.8) is 0 Å². The molecule has 0 unspecified atom stereocenters. The number of methoxy groups -OCH3 is 2. The minimum Gasteiger partial charge on any atom is -0.497 e. The Morgan fingerprint density at radius 2 is 1.94 bits per heavy atom. The predicted molar refractivity (Wildman–Crippen MR) is 139 cm³/mol. The van der Waals surface area contributed by atoms with Crippen molar-refractivity contribution >= 4 is 39.3 Å². The molecule has 4 rings (SSSR count). The molecule has 0 N–H and O–H groups in total. The molecular formula is C26H25BrN2O5S. The summed E-state index contributed by atoms with van der Waals surface area (Å²) in [4.78, 5) is 31.9. The number of allylic oxidation sites excluding steroid dienone is 1. The highest BCUT2D eigenvalue weighted by Crippen LogP contribution is 2.35. The van der Waals surface area contributed by atoms with E-state index in [1.165, 1.54) is 11.3 Å². The zero-order chi connectivity index (χ0) is 25.3. The first-order valence-electron chi connectivity index (χ1n) is 11.0. The molecule has 1 aliphatic heterocycles. The molecule has 0 aliphatic carbocycles. The summed E-state index contributed by atoms with van der Waals surface area (Å²) >= 11 is 4.81. The number of aromatic nitrogens is 1. The van der Waals surface area contributed by atoms with Crippen molar-refractivity contribution in [2.75, 3.05) is 20.8 Å². The maximum Gasteiger partial charge on any atom is 0.338 e. The van der Waals surface area contributed by atoms with Crippen molar-refractivity contribution in [1.29, 1.82) is 0 Å². The number of thiazole rings is 1. The van der Waals surface area contributed by atoms with Gasteiger partial charge in [-0.3, -0.25) is 9.36 Å². The summed E-state index contributed by atoms with van der Waals surface area (Å²) < 4.78 is 18.8. The van der Waals surface area contributed by atoms with Crippen LogP contribution >= 0.6 is 27.3 Å². The van der Waals surface area contributed by atoms with Crippen molar-refractivity contribution in [2.24, 2.45) is 4.99 Å². The third kappa shape index (κ3) is 4.70. The van der Waals surface area contributed by atoms with Gasteiger partial charge in [0.15, 0.2) is 4.80 Å². The molecule has 0 fully saturated rings. The van der Waals surface area contributed by atoms with Gasteiger partial charge in [-0.05, 0) is 83.7 Å². The second-order valence-corrected chi connectivity index (χ2v) is 9.78. The van der Waals surface area contributed by atoms with Crippen molar-refractivity contribution in [1.82, 2.24) is 4.57 Å². The summed E-state index contributed by atoms with van der Waals surface area (Å²) in [6.07, 6.45) is 1.85. The van der Waals surface area contributed by atoms with Gasteiger partial charge in [0.2, 0.25) is 0 Å². The number of fused-ring (bicyclic) bond motifs is 1. The van der Waals surface area contributed by atoms with Gasteiger partial charge in [-0.25, -0.2) is 9.79 Å². The van der Waals surface area contributed by atoms with Crippen LogP contribution in [-0.2, 0) is 9.53 Å². The molecule has 35 heavy (non-hydrogen) atoms. The Morgan fingerprint density at radius 3 is 2.57 bits per heavy atom. The van der Waals surface area contributed by atoms with Gasteiger partial charge in [-0.15, -0.1) is 0 Å². The Kier molecular flexibility index (Phi) is 7.28. The number of ether oxygens (including phenoxy) is 3. The number of halogens is 1. The number of benzene rings is 2. The van der Waals surface area contributed by atoms with Crippen LogP contribution in [0.3, 0.4) is 0 Å². The van der Waals surface area contributed by atoms with Crippen molar-refractivity contribution < 1.29 is 19.0 Å². The van der Waals surface area contributed by atoms with Crippen LogP contribution in [0.5, 0.6) is 11.5 Å². The van der Waals surface area contributed by atoms with E-state index < -0.39 is 12.0 Å². The first kappa shape index (κ1) is 24.9. The monoisotopic (exact) mass is 556 g/mol. The van der Waals surface area contributed by atoms with Gasteiger partial charge >= 0.3 is 5.97 Å². The Morgan fingerprint density at radius 1 is 1.17 bits per heavy atom. The molecule has 0 saturated heterocycles. The summed E-state index contributed by atoms with van der Waals surface area (Å²) in [6, 6.07) is 10.5. The quantitative estimate of drug-likeness (QED) is 0.430. The molecule has 182 valence electrons. The van der Waals surface area contributed by atoms with Crippen LogP contribution in [0.25, 0.3) is 6.08 Å². The van der Waals surface area contributed by atoms with E-state index in [2.05, 4.69) is 20.9 Å². The Bertz CT molecular complexity index is 1520. The van der Waals surface area contributed by atoms with E-state index in [0.717, 1.165) is 22.4 Å². The molecule has 7 nitrogen and oxygen atoms in total. The molecule has 0 saturated carbocycles. The minimum atomic E-state index is -0.688. The molecule has 0 amide bonds. The van der Waals surface area contributed by atoms with Gasteiger partial charge in [-0.1, -0.05) is 23.5 Å². The lowest BCUT2D eigenvalue weighted by Crippen LogP contribution is -2.40. The van der Waals surface area contributed by atoms with E-state index in [4.69, 9.17) is 14.2 Å². The number of carbonyl (C=O) groups excluding carboxylic acids is 1. The molecule has 1 atom stereocenters. The number of rotatable bonds is 6. The van der Waals surface area contributed by atoms with Gasteiger partial charge in [0.1, 0.15) is 11.5 Å². The first-order chi connectivity index (χ1) is 16.8. The van der Waals surface area contributed by atoms with Gasteiger partial charge in [0.25, 0.3) is 5.56 Å². The summed E-state index contributed by atoms with van der Waals surface area (Å²) in [5.41, 5.74) is 3.26. The fourth-order valence-electron chi connectivity index (χ4n) is 4.04. The number of carbonyl (C=O) groups is 1. The average molecular weight is 557 g/mol. The Balaban J connectivity index is 1.95. The highest BCUT2D eigenvalue weighted by Gasteiger charge is 2.33. The molecule has 2 aromatic carbocycles. The highest BCUT2D eigenvalue weighted by atomic mass is 79.9. The standard InChI is InChI=1S/C26H25BrN2O5S/c1-6-34-25(31)22-15(3)28-26-29(23(22)17-8-10-20(33-5)19(27)12-17)24(30)21(35-26)13-16-7-9-18(32-4)11-14(16)2/h7-13,23H,6H2,1-5H3/b21-13+/t23-/m1/s1. The zero-order valence-electron chi connectivity index (χ0n) is 20.0. The van der Waals surface area contributed by atoms with Crippen LogP contribution in [0.1, 0.15) is 36.6 Å². The van der Waals surface area contributed by atoms with Crippen LogP contribution in [0.4, 0.5) is 0 Å². The SMILES string of the molecule is CCOC(=O)C1=C(C)N=c2s/c(=C/c3ccc(OC)cc3C)c(=O)n2[C@@H]1c1ccc(OC)c(Br)c1. The lowest BCUT2D eigenvalue weighted by molar-refractivity contribution is -0.139. The van der Waals surface area contributed by atoms with Crippen LogP contribution in [0.2, 0.25) is 0 Å². The first-order valence-corrected chi connectivity index (χ1v) is 12.6. The molecule has 0 spiro atoms. The lowest BCUT2D eigenvalue weighted by Gasteiger charge is -2.25. The van der Waals surface area contributed by atoms with Crippen LogP contribution in [0.15, 0.2) is 61.9 Å². The lowest BCUT2D eigenvalue weighted by atomic mass is 9.96. The number of esters is 1. The second kappa shape index (κ2) is 10.2. The molecular weight excluding hydrogens is 532 g/mol. The summed E-state index contributed by atoms with van der Waals surface area (Å²) in [6.45, 7) is 5.70. The maximum absolute atomic E-state index is 13.7. The van der Waals surface area contributed by atoms with Gasteiger partial charge in [0.05, 0.1) is 47.1 Å². The Hall–Kier alpha value is -3.17. The number of hydrogen-bond donors (Lipinski definition) is 0. The molecule has 2 heterocycles. The molecule has 0 bridgehead atoms. The smallest absolute Gasteiger partial charge is 0.338 e. The number of aryl methyl sites for hydroxylation is 1. The van der Waals surface area contributed by atoms with E-state index in [9.17, 15) is 9.59 Å². The van der Waals surface area contributed by atoms with Crippen molar-refractivity contribution in [3.05, 3.63) is 88.5 Å². The summed E-state index contributed by atoms with van der Waals surface area (Å²) in [7, 11) is 3.20. The largest absolute Gasteiger partial charge is 0.497 e. The van der Waals surface area contributed by atoms with Crippen LogP contribution < -0.4 is 24.4 Å². The van der Waals surface area contributed by atoms with E-state index >= 15 is 0 Å². The molecule has 1 aromatic heterocycles. The topological polar surface area (TPSA) is 79.1 Å². The number of nitrogens with zero attached hydrogens (tertiary/aromatic N) is 2. The van der Waals surface area contributed by atoms with Crippen molar-refractivity contribution in [3.8, 4) is 11.5 Å². The van der Waals surface area contributed by atoms with E-state index in [-0.39, 0.29) is 12.2 Å². The Labute approximate surface area is 215 Å². The third-order valence-electron chi connectivity index (χ3n) is 5.77. The molecule has 3 aromatic rings. The molecule has 0 radical (unpaired) electrons. The second-order valence-electron chi connectivity index (χ2n) is 7.92. The normalized spacial score (nSPS) is 15.5. The summed E-state index contributed by atoms with van der Waals surface area (Å²) in [5, 5.41) is 0. The number of hydrogen-bond acceptors (Lipinski definition) is 7. The molecule has 9 heteroatoms. The molecule has 1 aliphatic rings. The third-order valence-corrected chi connectivity index (χ3v) is 7.37. The van der Waals surface area contributed by atoms with E-state index in [0.29, 0.717) is 30.8 Å². The fourth-order valence-corrected chi connectivity index (χ4v) is 5.63. The minimum absolute atomic E-state index is 0.218. The maximum atomic E-state index is 13.7. The van der Waals surface area contributed by atoms with E-state index in [1.807, 2.05) is 43.3 Å². The summed E-state index contributed by atoms with van der Waals surface area (Å²) in [5.74, 6) is 0.904.